The molecule has 0 aliphatic carbocycles. The van der Waals surface area contributed by atoms with Crippen LogP contribution >= 0.6 is 27.5 Å². The van der Waals surface area contributed by atoms with E-state index in [1.165, 1.54) is 18.9 Å². The highest BCUT2D eigenvalue weighted by molar-refractivity contribution is 9.10. The summed E-state index contributed by atoms with van der Waals surface area (Å²) in [7, 11) is 0. The summed E-state index contributed by atoms with van der Waals surface area (Å²) < 4.78 is 14.1. The Kier molecular flexibility index (Phi) is 6.65. The molecule has 1 aromatic rings. The Labute approximate surface area is 123 Å². The van der Waals surface area contributed by atoms with Crippen molar-refractivity contribution in [2.24, 2.45) is 5.41 Å². The van der Waals surface area contributed by atoms with Gasteiger partial charge in [0.2, 0.25) is 0 Å². The van der Waals surface area contributed by atoms with E-state index in [2.05, 4.69) is 29.8 Å². The summed E-state index contributed by atoms with van der Waals surface area (Å²) in [6.07, 6.45) is 5.31. The van der Waals surface area contributed by atoms with E-state index in [0.717, 1.165) is 24.8 Å². The second kappa shape index (κ2) is 7.49. The molecule has 1 atom stereocenters. The van der Waals surface area contributed by atoms with E-state index in [1.54, 1.807) is 6.07 Å². The quantitative estimate of drug-likeness (QED) is 0.540. The molecule has 0 nitrogen and oxygen atoms in total. The summed E-state index contributed by atoms with van der Waals surface area (Å²) in [4.78, 5) is 0. The Balaban J connectivity index is 2.92. The first-order valence-electron chi connectivity index (χ1n) is 6.57. The summed E-state index contributed by atoms with van der Waals surface area (Å²) in [5, 5.41) is 0. The Morgan fingerprint density at radius 3 is 2.61 bits per heavy atom. The van der Waals surface area contributed by atoms with Gasteiger partial charge in [-0.2, -0.15) is 0 Å². The molecule has 0 bridgehead atoms. The second-order valence-corrected chi connectivity index (χ2v) is 6.04. The van der Waals surface area contributed by atoms with Gasteiger partial charge in [0.15, 0.2) is 0 Å². The number of rotatable bonds is 7. The van der Waals surface area contributed by atoms with Gasteiger partial charge in [-0.1, -0.05) is 38.8 Å². The van der Waals surface area contributed by atoms with Gasteiger partial charge in [0.05, 0.1) is 4.47 Å². The highest BCUT2D eigenvalue weighted by Crippen LogP contribution is 2.36. The molecule has 0 aromatic heterocycles. The Hall–Kier alpha value is -0.0800. The normalized spacial score (nSPS) is 14.5. The number of hydrogen-bond acceptors (Lipinski definition) is 0. The predicted octanol–water partition coefficient (Wildman–Crippen LogP) is 5.96. The molecule has 0 aliphatic rings. The highest BCUT2D eigenvalue weighted by Gasteiger charge is 2.28. The van der Waals surface area contributed by atoms with Crippen molar-refractivity contribution < 1.29 is 4.39 Å². The Morgan fingerprint density at radius 2 is 2.06 bits per heavy atom. The third-order valence-electron chi connectivity index (χ3n) is 3.69. The average Bonchev–Trinajstić information content (AvgIpc) is 2.40. The first-order valence-corrected chi connectivity index (χ1v) is 7.90. The van der Waals surface area contributed by atoms with E-state index in [9.17, 15) is 4.39 Å². The Bertz CT molecular complexity index is 375. The van der Waals surface area contributed by atoms with E-state index in [-0.39, 0.29) is 11.2 Å². The molecule has 0 fully saturated rings. The zero-order valence-electron chi connectivity index (χ0n) is 11.1. The number of unbranched alkanes of at least 4 members (excludes halogenated alkanes) is 1. The van der Waals surface area contributed by atoms with Gasteiger partial charge in [-0.05, 0) is 52.2 Å². The van der Waals surface area contributed by atoms with Gasteiger partial charge in [-0.3, -0.25) is 0 Å². The van der Waals surface area contributed by atoms with Crippen LogP contribution < -0.4 is 0 Å². The van der Waals surface area contributed by atoms with Gasteiger partial charge in [-0.25, -0.2) is 4.39 Å². The van der Waals surface area contributed by atoms with Gasteiger partial charge in [0.25, 0.3) is 0 Å². The van der Waals surface area contributed by atoms with Crippen LogP contribution in [0.25, 0.3) is 0 Å². The molecule has 102 valence electrons. The minimum atomic E-state index is -0.192. The Morgan fingerprint density at radius 1 is 1.33 bits per heavy atom. The van der Waals surface area contributed by atoms with Crippen LogP contribution in [0.3, 0.4) is 0 Å². The zero-order chi connectivity index (χ0) is 13.6. The molecule has 18 heavy (non-hydrogen) atoms. The number of benzene rings is 1. The van der Waals surface area contributed by atoms with Crippen molar-refractivity contribution in [2.45, 2.75) is 46.0 Å². The fraction of sp³-hybridized carbons (Fsp3) is 0.600. The van der Waals surface area contributed by atoms with Gasteiger partial charge >= 0.3 is 0 Å². The molecule has 0 saturated carbocycles. The average molecular weight is 336 g/mol. The molecular weight excluding hydrogens is 315 g/mol. The lowest BCUT2D eigenvalue weighted by molar-refractivity contribution is 0.278. The fourth-order valence-corrected chi connectivity index (χ4v) is 3.06. The summed E-state index contributed by atoms with van der Waals surface area (Å²) in [5.74, 6) is 0.439. The lowest BCUT2D eigenvalue weighted by Gasteiger charge is -2.31. The van der Waals surface area contributed by atoms with Crippen molar-refractivity contribution in [1.82, 2.24) is 0 Å². The van der Waals surface area contributed by atoms with Crippen molar-refractivity contribution in [3.63, 3.8) is 0 Å². The zero-order valence-corrected chi connectivity index (χ0v) is 13.5. The number of alkyl halides is 1. The van der Waals surface area contributed by atoms with E-state index in [0.29, 0.717) is 10.4 Å². The molecule has 0 saturated heterocycles. The van der Waals surface area contributed by atoms with Gasteiger partial charge < -0.3 is 0 Å². The van der Waals surface area contributed by atoms with Gasteiger partial charge in [0.1, 0.15) is 5.82 Å². The lowest BCUT2D eigenvalue weighted by atomic mass is 9.77. The first-order chi connectivity index (χ1) is 8.58. The molecule has 1 aromatic carbocycles. The topological polar surface area (TPSA) is 0 Å². The second-order valence-electron chi connectivity index (χ2n) is 4.98. The van der Waals surface area contributed by atoms with Crippen molar-refractivity contribution in [1.29, 1.82) is 0 Å². The summed E-state index contributed by atoms with van der Waals surface area (Å²) in [5.41, 5.74) is 1.11. The SMILES string of the molecule is CCCCC(CC)(CCl)Cc1cccc(F)c1Br. The molecule has 0 spiro atoms. The van der Waals surface area contributed by atoms with E-state index in [1.807, 2.05) is 6.07 Å². The third-order valence-corrected chi connectivity index (χ3v) is 5.15. The minimum Gasteiger partial charge on any atom is -0.206 e. The molecule has 0 radical (unpaired) electrons. The molecule has 1 rings (SSSR count). The standard InChI is InChI=1S/C15H21BrClF/c1-3-5-9-15(4-2,11-17)10-12-7-6-8-13(18)14(12)16/h6-8H,3-5,9-11H2,1-2H3. The fourth-order valence-electron chi connectivity index (χ4n) is 2.24. The summed E-state index contributed by atoms with van der Waals surface area (Å²) >= 11 is 9.53. The molecule has 1 unspecified atom stereocenters. The highest BCUT2D eigenvalue weighted by atomic mass is 79.9. The third kappa shape index (κ3) is 3.96. The predicted molar refractivity (Wildman–Crippen MR) is 80.8 cm³/mol. The van der Waals surface area contributed by atoms with Crippen LogP contribution in [0.1, 0.15) is 45.1 Å². The van der Waals surface area contributed by atoms with Crippen molar-refractivity contribution in [2.75, 3.05) is 5.88 Å². The molecule has 3 heteroatoms. The maximum absolute atomic E-state index is 13.5. The van der Waals surface area contributed by atoms with Crippen molar-refractivity contribution in [3.8, 4) is 0 Å². The maximum atomic E-state index is 13.5. The smallest absolute Gasteiger partial charge is 0.137 e. The molecule has 0 heterocycles. The van der Waals surface area contributed by atoms with Crippen LogP contribution in [0.15, 0.2) is 22.7 Å². The molecule has 0 aliphatic heterocycles. The largest absolute Gasteiger partial charge is 0.206 e. The van der Waals surface area contributed by atoms with Crippen LogP contribution in [-0.4, -0.2) is 5.88 Å². The van der Waals surface area contributed by atoms with Crippen LogP contribution in [0.2, 0.25) is 0 Å². The van der Waals surface area contributed by atoms with Crippen LogP contribution in [0.4, 0.5) is 4.39 Å². The molecule has 0 amide bonds. The molecular formula is C15H21BrClF. The lowest BCUT2D eigenvalue weighted by Crippen LogP contribution is -2.25. The summed E-state index contributed by atoms with van der Waals surface area (Å²) in [6.45, 7) is 4.36. The van der Waals surface area contributed by atoms with Crippen molar-refractivity contribution >= 4 is 27.5 Å². The van der Waals surface area contributed by atoms with Crippen LogP contribution in [-0.2, 0) is 6.42 Å². The van der Waals surface area contributed by atoms with Gasteiger partial charge in [0, 0.05) is 5.88 Å². The van der Waals surface area contributed by atoms with Crippen LogP contribution in [0, 0.1) is 11.2 Å². The number of halogens is 3. The molecule has 0 N–H and O–H groups in total. The van der Waals surface area contributed by atoms with E-state index in [4.69, 9.17) is 11.6 Å². The van der Waals surface area contributed by atoms with E-state index < -0.39 is 0 Å². The van der Waals surface area contributed by atoms with Gasteiger partial charge in [-0.15, -0.1) is 11.6 Å². The van der Waals surface area contributed by atoms with Crippen molar-refractivity contribution in [3.05, 3.63) is 34.1 Å². The summed E-state index contributed by atoms with van der Waals surface area (Å²) in [6, 6.07) is 5.23. The maximum Gasteiger partial charge on any atom is 0.137 e. The van der Waals surface area contributed by atoms with E-state index >= 15 is 0 Å². The minimum absolute atomic E-state index is 0.0911. The number of hydrogen-bond donors (Lipinski definition) is 0. The first kappa shape index (κ1) is 16.0. The van der Waals surface area contributed by atoms with Crippen LogP contribution in [0.5, 0.6) is 0 Å². The monoisotopic (exact) mass is 334 g/mol.